The number of benzene rings is 7. The molecule has 4 heteroatoms. The number of anilines is 1. The van der Waals surface area contributed by atoms with E-state index in [4.69, 9.17) is 4.42 Å². The summed E-state index contributed by atoms with van der Waals surface area (Å²) in [5.74, 6) is 0.284. The van der Waals surface area contributed by atoms with Crippen LogP contribution >= 0.6 is 11.8 Å². The van der Waals surface area contributed by atoms with Crippen LogP contribution < -0.4 is 4.90 Å². The van der Waals surface area contributed by atoms with E-state index in [1.165, 1.54) is 65.9 Å². The van der Waals surface area contributed by atoms with Crippen LogP contribution in [-0.2, 0) is 0 Å². The van der Waals surface area contributed by atoms with Crippen molar-refractivity contribution in [1.29, 1.82) is 0 Å². The maximum Gasteiger partial charge on any atom is 0.159 e. The standard InChI is InChI=1S/C54H38N2OS/c1-2-12-39(13-3-1)55-47-19-7-4-14-41(47)42-33-30-38(34-50(42)55)37-26-24-35(25-27-37)36-28-31-40(32-29-36)56(48-20-10-17-45-43-15-5-8-22-51(43)57-53(45)48)49-21-11-18-46-44-16-6-9-23-52(44)58-54(46)49/h1-28,30-34,36,49,54H,29H2. The van der Waals surface area contributed by atoms with Gasteiger partial charge in [0.15, 0.2) is 5.58 Å². The molecule has 3 unspecified atom stereocenters. The molecule has 0 bridgehead atoms. The fourth-order valence-corrected chi connectivity index (χ4v) is 11.0. The Hall–Kier alpha value is -6.75. The van der Waals surface area contributed by atoms with E-state index in [-0.39, 0.29) is 17.2 Å². The molecule has 0 saturated carbocycles. The smallest absolute Gasteiger partial charge is 0.159 e. The molecule has 3 aliphatic rings. The molecule has 0 radical (unpaired) electrons. The Morgan fingerprint density at radius 3 is 2.26 bits per heavy atom. The first-order chi connectivity index (χ1) is 28.8. The summed E-state index contributed by atoms with van der Waals surface area (Å²) in [4.78, 5) is 3.89. The van der Waals surface area contributed by atoms with Crippen LogP contribution in [-0.4, -0.2) is 15.9 Å². The molecule has 12 rings (SSSR count). The van der Waals surface area contributed by atoms with Crippen LogP contribution in [0.5, 0.6) is 0 Å². The summed E-state index contributed by atoms with van der Waals surface area (Å²) in [5, 5.41) is 5.10. The number of aromatic nitrogens is 1. The summed E-state index contributed by atoms with van der Waals surface area (Å²) in [7, 11) is 0. The molecular weight excluding hydrogens is 725 g/mol. The maximum absolute atomic E-state index is 6.69. The van der Waals surface area contributed by atoms with Gasteiger partial charge < -0.3 is 13.9 Å². The van der Waals surface area contributed by atoms with Crippen molar-refractivity contribution in [3.8, 4) is 16.8 Å². The van der Waals surface area contributed by atoms with Crippen molar-refractivity contribution in [2.45, 2.75) is 28.5 Å². The maximum atomic E-state index is 6.69. The molecule has 0 saturated heterocycles. The van der Waals surface area contributed by atoms with Crippen molar-refractivity contribution in [2.75, 3.05) is 4.90 Å². The third-order valence-electron chi connectivity index (χ3n) is 12.3. The monoisotopic (exact) mass is 762 g/mol. The number of rotatable bonds is 6. The highest BCUT2D eigenvalue weighted by Crippen LogP contribution is 2.51. The first-order valence-corrected chi connectivity index (χ1v) is 21.1. The summed E-state index contributed by atoms with van der Waals surface area (Å²) in [6.45, 7) is 0. The van der Waals surface area contributed by atoms with Crippen molar-refractivity contribution >= 4 is 66.8 Å². The minimum atomic E-state index is 0.0980. The second-order valence-corrected chi connectivity index (χ2v) is 16.7. The Kier molecular flexibility index (Phi) is 7.74. The fraction of sp³-hybridized carbons (Fsp3) is 0.0741. The summed E-state index contributed by atoms with van der Waals surface area (Å²) in [5.41, 5.74) is 14.3. The van der Waals surface area contributed by atoms with Crippen molar-refractivity contribution in [3.05, 3.63) is 217 Å². The van der Waals surface area contributed by atoms with Gasteiger partial charge in [0.25, 0.3) is 0 Å². The number of hydrogen-bond acceptors (Lipinski definition) is 3. The van der Waals surface area contributed by atoms with Gasteiger partial charge in [-0.05, 0) is 82.8 Å². The number of nitrogens with zero attached hydrogens (tertiary/aromatic N) is 2. The summed E-state index contributed by atoms with van der Waals surface area (Å²) in [6.07, 6.45) is 15.0. The Bertz CT molecular complexity index is 3200. The highest BCUT2D eigenvalue weighted by atomic mass is 32.2. The molecular formula is C54H38N2OS. The highest BCUT2D eigenvalue weighted by Gasteiger charge is 2.39. The predicted octanol–water partition coefficient (Wildman–Crippen LogP) is 14.3. The number of thioether (sulfide) groups is 1. The van der Waals surface area contributed by atoms with Gasteiger partial charge in [0, 0.05) is 43.7 Å². The molecule has 1 aliphatic heterocycles. The Morgan fingerprint density at radius 1 is 0.621 bits per heavy atom. The van der Waals surface area contributed by atoms with Crippen molar-refractivity contribution in [3.63, 3.8) is 0 Å². The molecule has 2 aliphatic carbocycles. The Labute approximate surface area is 341 Å². The normalized spacial score (nSPS) is 18.4. The number of furan rings is 1. The Morgan fingerprint density at radius 2 is 1.38 bits per heavy atom. The van der Waals surface area contributed by atoms with Crippen LogP contribution in [0.1, 0.15) is 23.5 Å². The lowest BCUT2D eigenvalue weighted by Crippen LogP contribution is -2.41. The predicted molar refractivity (Wildman–Crippen MR) is 244 cm³/mol. The van der Waals surface area contributed by atoms with Gasteiger partial charge >= 0.3 is 0 Å². The van der Waals surface area contributed by atoms with Gasteiger partial charge in [0.1, 0.15) is 5.58 Å². The zero-order chi connectivity index (χ0) is 38.2. The average molecular weight is 763 g/mol. The van der Waals surface area contributed by atoms with E-state index in [0.717, 1.165) is 34.0 Å². The summed E-state index contributed by atoms with van der Waals surface area (Å²) >= 11 is 1.98. The van der Waals surface area contributed by atoms with E-state index in [2.05, 4.69) is 210 Å². The van der Waals surface area contributed by atoms with E-state index in [0.29, 0.717) is 0 Å². The third kappa shape index (κ3) is 5.29. The minimum absolute atomic E-state index is 0.0980. The molecule has 3 nitrogen and oxygen atoms in total. The first-order valence-electron chi connectivity index (χ1n) is 20.2. The van der Waals surface area contributed by atoms with Crippen LogP contribution in [0, 0.1) is 0 Å². The van der Waals surface area contributed by atoms with E-state index in [1.807, 2.05) is 11.8 Å². The number of allylic oxidation sites excluding steroid dienone is 5. The summed E-state index contributed by atoms with van der Waals surface area (Å²) < 4.78 is 9.08. The SMILES string of the molecule is C1=CC(N(C2=CCC(c3ccc(-c4ccc5c6ccccc6n(-c6ccccc6)c5c4)cc3)C=C2)c2cccc3c2oc2ccccc23)C2Sc3ccccc3C2=C1. The molecule has 7 aromatic carbocycles. The molecule has 9 aromatic rings. The molecule has 0 fully saturated rings. The zero-order valence-electron chi connectivity index (χ0n) is 31.7. The lowest BCUT2D eigenvalue weighted by molar-refractivity contribution is 0.663. The summed E-state index contributed by atoms with van der Waals surface area (Å²) in [6, 6.07) is 59.5. The Balaban J connectivity index is 0.881. The largest absolute Gasteiger partial charge is 0.454 e. The van der Waals surface area contributed by atoms with Gasteiger partial charge in [-0.25, -0.2) is 0 Å². The van der Waals surface area contributed by atoms with Crippen LogP contribution in [0.15, 0.2) is 215 Å². The zero-order valence-corrected chi connectivity index (χ0v) is 32.5. The first kappa shape index (κ1) is 33.4. The lowest BCUT2D eigenvalue weighted by Gasteiger charge is -2.38. The minimum Gasteiger partial charge on any atom is -0.454 e. The van der Waals surface area contributed by atoms with Crippen LogP contribution in [0.25, 0.3) is 66.1 Å². The molecule has 0 N–H and O–H groups in total. The molecule has 3 atom stereocenters. The van der Waals surface area contributed by atoms with Crippen molar-refractivity contribution in [2.24, 2.45) is 0 Å². The van der Waals surface area contributed by atoms with E-state index in [9.17, 15) is 0 Å². The second-order valence-electron chi connectivity index (χ2n) is 15.5. The van der Waals surface area contributed by atoms with E-state index in [1.54, 1.807) is 0 Å². The topological polar surface area (TPSA) is 21.3 Å². The van der Waals surface area contributed by atoms with E-state index >= 15 is 0 Å². The molecule has 3 heterocycles. The van der Waals surface area contributed by atoms with Crippen molar-refractivity contribution < 1.29 is 4.42 Å². The second kappa shape index (κ2) is 13.4. The van der Waals surface area contributed by atoms with E-state index < -0.39 is 0 Å². The fourth-order valence-electron chi connectivity index (χ4n) is 9.55. The molecule has 0 amide bonds. The quantitative estimate of drug-likeness (QED) is 0.168. The molecule has 276 valence electrons. The van der Waals surface area contributed by atoms with Crippen molar-refractivity contribution in [1.82, 2.24) is 4.57 Å². The van der Waals surface area contributed by atoms with Gasteiger partial charge in [0.2, 0.25) is 0 Å². The van der Waals surface area contributed by atoms with Gasteiger partial charge in [-0.3, -0.25) is 0 Å². The third-order valence-corrected chi connectivity index (χ3v) is 13.7. The van der Waals surface area contributed by atoms with Gasteiger partial charge in [0.05, 0.1) is 28.0 Å². The number of para-hydroxylation sites is 4. The number of hydrogen-bond donors (Lipinski definition) is 0. The highest BCUT2D eigenvalue weighted by molar-refractivity contribution is 8.01. The molecule has 0 spiro atoms. The van der Waals surface area contributed by atoms with Crippen LogP contribution in [0.2, 0.25) is 0 Å². The molecule has 58 heavy (non-hydrogen) atoms. The number of fused-ring (bicyclic) bond motifs is 9. The van der Waals surface area contributed by atoms with Gasteiger partial charge in [-0.15, -0.1) is 11.8 Å². The average Bonchev–Trinajstić information content (AvgIpc) is 3.97. The van der Waals surface area contributed by atoms with Gasteiger partial charge in [-0.2, -0.15) is 0 Å². The molecule has 2 aromatic heterocycles. The lowest BCUT2D eigenvalue weighted by atomic mass is 9.88. The van der Waals surface area contributed by atoms with Crippen LogP contribution in [0.4, 0.5) is 5.69 Å². The van der Waals surface area contributed by atoms with Gasteiger partial charge in [-0.1, -0.05) is 152 Å². The van der Waals surface area contributed by atoms with Crippen LogP contribution in [0.3, 0.4) is 0 Å².